The molecule has 0 fully saturated rings. The molecule has 0 saturated heterocycles. The maximum absolute atomic E-state index is 0. The van der Waals surface area contributed by atoms with Gasteiger partial charge in [0, 0.05) is 0 Å². The van der Waals surface area contributed by atoms with E-state index in [1.807, 2.05) is 0 Å². The molecule has 0 unspecified atom stereocenters. The van der Waals surface area contributed by atoms with Crippen LogP contribution in [0.4, 0.5) is 0 Å². The third kappa shape index (κ3) is 8.83. The fourth-order valence-electron chi connectivity index (χ4n) is 0. The van der Waals surface area contributed by atoms with Gasteiger partial charge in [0.25, 0.3) is 0 Å². The molecule has 0 aliphatic heterocycles. The van der Waals surface area contributed by atoms with Crippen LogP contribution in [0, 0.1) is 0 Å². The third-order valence-corrected chi connectivity index (χ3v) is 0. The maximum atomic E-state index is 0. The van der Waals surface area contributed by atoms with E-state index >= 15 is 0 Å². The zero-order valence-corrected chi connectivity index (χ0v) is 3.92. The molecule has 0 aromatic carbocycles. The van der Waals surface area contributed by atoms with Crippen LogP contribution in [-0.2, 0) is 0 Å². The van der Waals surface area contributed by atoms with Crippen molar-refractivity contribution in [3.8, 4) is 0 Å². The van der Waals surface area contributed by atoms with Gasteiger partial charge in [-0.15, -0.1) is 0 Å². The zero-order valence-electron chi connectivity index (χ0n) is 2.71. The van der Waals surface area contributed by atoms with Crippen LogP contribution in [0.2, 0.25) is 0 Å². The maximum Gasteiger partial charge on any atom is 1.00 e. The predicted octanol–water partition coefficient (Wildman–Crippen LogP) is -2.83. The Morgan fingerprint density at radius 1 is 1.00 bits per heavy atom. The Bertz CT molecular complexity index is 7.61. The van der Waals surface area contributed by atoms with E-state index in [0.717, 1.165) is 0 Å². The van der Waals surface area contributed by atoms with Crippen molar-refractivity contribution in [3.63, 3.8) is 0 Å². The molecule has 0 aliphatic rings. The SMILES string of the molecule is O.O.[Ca+2].[CaH2].[H+]. The predicted molar refractivity (Wildman–Crippen MR) is 22.6 cm³/mol. The smallest absolute Gasteiger partial charge is 1.00 e. The second-order valence-electron chi connectivity index (χ2n) is 0. The van der Waals surface area contributed by atoms with Crippen molar-refractivity contribution < 1.29 is 12.4 Å². The molecule has 4 heavy (non-hydrogen) atoms. The summed E-state index contributed by atoms with van der Waals surface area (Å²) in [6.07, 6.45) is 0. The zero-order chi connectivity index (χ0) is 0. The van der Waals surface area contributed by atoms with E-state index in [-0.39, 0.29) is 87.9 Å². The van der Waals surface area contributed by atoms with Crippen LogP contribution in [0.3, 0.4) is 0 Å². The van der Waals surface area contributed by atoms with Crippen LogP contribution in [0.1, 0.15) is 1.43 Å². The molecule has 0 radical (unpaired) electrons. The summed E-state index contributed by atoms with van der Waals surface area (Å²) in [5.74, 6) is 0. The molecule has 0 saturated carbocycles. The standard InChI is InChI=1S/2Ca.2H2O.2H/h;;2*1H2;;/q;+2;;;;/p+1. The molecule has 0 atom stereocenters. The van der Waals surface area contributed by atoms with E-state index in [1.165, 1.54) is 0 Å². The second-order valence-corrected chi connectivity index (χ2v) is 0. The van der Waals surface area contributed by atoms with Gasteiger partial charge in [-0.3, -0.25) is 0 Å². The summed E-state index contributed by atoms with van der Waals surface area (Å²) in [6.45, 7) is 0. The van der Waals surface area contributed by atoms with Gasteiger partial charge in [-0.2, -0.15) is 0 Å². The van der Waals surface area contributed by atoms with Crippen LogP contribution in [0.25, 0.3) is 0 Å². The number of hydrogen-bond acceptors (Lipinski definition) is 0. The van der Waals surface area contributed by atoms with Gasteiger partial charge in [0.2, 0.25) is 0 Å². The Labute approximate surface area is 86.0 Å². The minimum absolute atomic E-state index is 0. The van der Waals surface area contributed by atoms with Crippen LogP contribution in [0.15, 0.2) is 0 Å². The van der Waals surface area contributed by atoms with E-state index in [1.54, 1.807) is 0 Å². The average Bonchev–Trinajstić information content (AvgIpc) is 0. The monoisotopic (exact) mass is 119 g/mol. The van der Waals surface area contributed by atoms with E-state index < -0.39 is 0 Å². The molecule has 0 amide bonds. The summed E-state index contributed by atoms with van der Waals surface area (Å²) in [5.41, 5.74) is 0. The van der Waals surface area contributed by atoms with E-state index in [9.17, 15) is 0 Å². The van der Waals surface area contributed by atoms with Crippen molar-refractivity contribution in [3.05, 3.63) is 0 Å². The molecule has 20 valence electrons. The van der Waals surface area contributed by atoms with Crippen molar-refractivity contribution in [2.75, 3.05) is 0 Å². The van der Waals surface area contributed by atoms with Gasteiger partial charge in [-0.05, 0) is 0 Å². The fraction of sp³-hybridized carbons (Fsp3) is 0. The minimum atomic E-state index is 0. The number of rotatable bonds is 0. The molecule has 0 aromatic rings. The van der Waals surface area contributed by atoms with E-state index in [4.69, 9.17) is 0 Å². The average molecular weight is 119 g/mol. The summed E-state index contributed by atoms with van der Waals surface area (Å²) < 4.78 is 0. The minimum Gasteiger partial charge on any atom is 1.00 e. The Hall–Kier alpha value is 2.44. The van der Waals surface area contributed by atoms with Gasteiger partial charge < -0.3 is 11.0 Å². The summed E-state index contributed by atoms with van der Waals surface area (Å²) in [6, 6.07) is 0. The Balaban J connectivity index is 0. The summed E-state index contributed by atoms with van der Waals surface area (Å²) in [5, 5.41) is 0. The van der Waals surface area contributed by atoms with Gasteiger partial charge >= 0.3 is 76.9 Å². The third-order valence-electron chi connectivity index (χ3n) is 0. The molecule has 0 aliphatic carbocycles. The van der Waals surface area contributed by atoms with Crippen LogP contribution < -0.4 is 0 Å². The van der Waals surface area contributed by atoms with Crippen molar-refractivity contribution in [2.45, 2.75) is 0 Å². The fourth-order valence-corrected chi connectivity index (χ4v) is 0. The first-order valence-corrected chi connectivity index (χ1v) is 0. The van der Waals surface area contributed by atoms with Crippen molar-refractivity contribution in [1.82, 2.24) is 0 Å². The van der Waals surface area contributed by atoms with Gasteiger partial charge in [0.05, 0.1) is 0 Å². The molecule has 0 rings (SSSR count). The van der Waals surface area contributed by atoms with Gasteiger partial charge in [-0.25, -0.2) is 0 Å². The quantitative estimate of drug-likeness (QED) is 0.308. The molecule has 4 heteroatoms. The molecule has 0 aromatic heterocycles. The molecular weight excluding hydrogens is 112 g/mol. The van der Waals surface area contributed by atoms with E-state index in [2.05, 4.69) is 0 Å². The molecule has 0 spiro atoms. The summed E-state index contributed by atoms with van der Waals surface area (Å²) >= 11 is 0. The van der Waals surface area contributed by atoms with Gasteiger partial charge in [0.15, 0.2) is 0 Å². The Morgan fingerprint density at radius 2 is 1.00 bits per heavy atom. The van der Waals surface area contributed by atoms with Crippen molar-refractivity contribution in [1.29, 1.82) is 0 Å². The van der Waals surface area contributed by atoms with Crippen molar-refractivity contribution in [2.24, 2.45) is 0 Å². The first-order chi connectivity index (χ1) is 0. The van der Waals surface area contributed by atoms with Crippen LogP contribution >= 0.6 is 0 Å². The second kappa shape index (κ2) is 18.0. The number of hydrogen-bond donors (Lipinski definition) is 0. The van der Waals surface area contributed by atoms with Gasteiger partial charge in [-0.1, -0.05) is 0 Å². The molecule has 0 heterocycles. The molecular formula is H7Ca2O2+3. The largest absolute Gasteiger partial charge is 1.00 e. The Morgan fingerprint density at radius 3 is 1.00 bits per heavy atom. The topological polar surface area (TPSA) is 63.0 Å². The van der Waals surface area contributed by atoms with Gasteiger partial charge in [0.1, 0.15) is 0 Å². The van der Waals surface area contributed by atoms with Crippen LogP contribution in [0.5, 0.6) is 0 Å². The molecule has 0 bridgehead atoms. The van der Waals surface area contributed by atoms with Crippen molar-refractivity contribution >= 4 is 75.5 Å². The first-order valence-electron chi connectivity index (χ1n) is 0. The van der Waals surface area contributed by atoms with E-state index in [0.29, 0.717) is 0 Å². The first kappa shape index (κ1) is 32.0. The molecule has 4 N–H and O–H groups in total. The summed E-state index contributed by atoms with van der Waals surface area (Å²) in [4.78, 5) is 0. The normalized spacial score (nSPS) is 0. The van der Waals surface area contributed by atoms with Crippen LogP contribution in [-0.4, -0.2) is 86.4 Å². The molecule has 2 nitrogen and oxygen atoms in total. The summed E-state index contributed by atoms with van der Waals surface area (Å²) in [7, 11) is 0. The Kier molecular flexibility index (Phi) is 144.